The fourth-order valence-corrected chi connectivity index (χ4v) is 1.52. The van der Waals surface area contributed by atoms with E-state index in [0.717, 1.165) is 12.1 Å². The number of hydrogen-bond donors (Lipinski definition) is 1. The van der Waals surface area contributed by atoms with Gasteiger partial charge in [-0.1, -0.05) is 13.0 Å². The molecule has 0 aromatic heterocycles. The van der Waals surface area contributed by atoms with Crippen molar-refractivity contribution >= 4 is 0 Å². The normalized spacial score (nSPS) is 13.8. The molecule has 0 aliphatic carbocycles. The predicted molar refractivity (Wildman–Crippen MR) is 64.2 cm³/mol. The number of ether oxygens (including phenoxy) is 1. The van der Waals surface area contributed by atoms with Crippen LogP contribution in [0.2, 0.25) is 0 Å². The maximum atomic E-state index is 13.7. The molecule has 0 heterocycles. The first-order chi connectivity index (χ1) is 8.08. The standard InChI is InChI=1S/C13H17FN2O/c1-4-16-10(3)11-5-6-13(12(14)7-11)17-9(2)8-15/h5-7,9-10,16H,4H2,1-3H3. The zero-order valence-corrected chi connectivity index (χ0v) is 10.3. The molecular weight excluding hydrogens is 219 g/mol. The van der Waals surface area contributed by atoms with Gasteiger partial charge in [0.1, 0.15) is 6.07 Å². The van der Waals surface area contributed by atoms with Crippen molar-refractivity contribution < 1.29 is 9.13 Å². The van der Waals surface area contributed by atoms with E-state index in [1.807, 2.05) is 19.9 Å². The van der Waals surface area contributed by atoms with Crippen LogP contribution in [-0.4, -0.2) is 12.6 Å². The van der Waals surface area contributed by atoms with E-state index in [0.29, 0.717) is 0 Å². The Morgan fingerprint density at radius 2 is 2.18 bits per heavy atom. The van der Waals surface area contributed by atoms with Gasteiger partial charge in [-0.25, -0.2) is 4.39 Å². The molecule has 92 valence electrons. The van der Waals surface area contributed by atoms with Gasteiger partial charge in [0.15, 0.2) is 17.7 Å². The zero-order valence-electron chi connectivity index (χ0n) is 10.3. The lowest BCUT2D eigenvalue weighted by molar-refractivity contribution is 0.263. The maximum absolute atomic E-state index is 13.7. The minimum Gasteiger partial charge on any atom is -0.473 e. The van der Waals surface area contributed by atoms with Gasteiger partial charge >= 0.3 is 0 Å². The summed E-state index contributed by atoms with van der Waals surface area (Å²) in [6.45, 7) is 6.37. The van der Waals surface area contributed by atoms with E-state index < -0.39 is 11.9 Å². The number of nitriles is 1. The topological polar surface area (TPSA) is 45.0 Å². The summed E-state index contributed by atoms with van der Waals surface area (Å²) in [5.74, 6) is -0.319. The molecule has 0 aliphatic heterocycles. The molecule has 4 heteroatoms. The van der Waals surface area contributed by atoms with Crippen LogP contribution in [0.5, 0.6) is 5.75 Å². The minimum absolute atomic E-state index is 0.0944. The summed E-state index contributed by atoms with van der Waals surface area (Å²) in [6, 6.07) is 6.79. The SMILES string of the molecule is CCNC(C)c1ccc(OC(C)C#N)c(F)c1. The molecule has 0 saturated carbocycles. The van der Waals surface area contributed by atoms with Gasteiger partial charge in [-0.05, 0) is 38.1 Å². The number of benzene rings is 1. The van der Waals surface area contributed by atoms with Crippen LogP contribution in [0.25, 0.3) is 0 Å². The van der Waals surface area contributed by atoms with Gasteiger partial charge in [0.25, 0.3) is 0 Å². The van der Waals surface area contributed by atoms with Crippen LogP contribution >= 0.6 is 0 Å². The zero-order chi connectivity index (χ0) is 12.8. The molecule has 3 nitrogen and oxygen atoms in total. The van der Waals surface area contributed by atoms with Crippen molar-refractivity contribution in [3.63, 3.8) is 0 Å². The van der Waals surface area contributed by atoms with Crippen molar-refractivity contribution in [1.82, 2.24) is 5.32 Å². The molecule has 0 saturated heterocycles. The van der Waals surface area contributed by atoms with Gasteiger partial charge in [-0.15, -0.1) is 0 Å². The first-order valence-corrected chi connectivity index (χ1v) is 5.67. The van der Waals surface area contributed by atoms with Gasteiger partial charge in [0.05, 0.1) is 0 Å². The predicted octanol–water partition coefficient (Wildman–Crippen LogP) is 2.79. The molecule has 0 fully saturated rings. The summed E-state index contributed by atoms with van der Waals surface area (Å²) in [5.41, 5.74) is 0.862. The molecule has 0 bridgehead atoms. The van der Waals surface area contributed by atoms with Crippen LogP contribution in [0.3, 0.4) is 0 Å². The van der Waals surface area contributed by atoms with E-state index in [9.17, 15) is 4.39 Å². The summed E-state index contributed by atoms with van der Waals surface area (Å²) in [4.78, 5) is 0. The molecular formula is C13H17FN2O. The van der Waals surface area contributed by atoms with E-state index in [-0.39, 0.29) is 11.8 Å². The summed E-state index contributed by atoms with van der Waals surface area (Å²) >= 11 is 0. The molecule has 2 atom stereocenters. The number of halogens is 1. The van der Waals surface area contributed by atoms with Crippen LogP contribution < -0.4 is 10.1 Å². The summed E-state index contributed by atoms with van der Waals surface area (Å²) < 4.78 is 18.8. The fourth-order valence-electron chi connectivity index (χ4n) is 1.52. The summed E-state index contributed by atoms with van der Waals surface area (Å²) in [6.07, 6.45) is -0.651. The smallest absolute Gasteiger partial charge is 0.181 e. The Morgan fingerprint density at radius 1 is 1.47 bits per heavy atom. The van der Waals surface area contributed by atoms with Crippen LogP contribution in [0.1, 0.15) is 32.4 Å². The monoisotopic (exact) mass is 236 g/mol. The first kappa shape index (κ1) is 13.5. The average Bonchev–Trinajstić information content (AvgIpc) is 2.31. The largest absolute Gasteiger partial charge is 0.473 e. The molecule has 17 heavy (non-hydrogen) atoms. The lowest BCUT2D eigenvalue weighted by Crippen LogP contribution is -2.18. The second-order valence-corrected chi connectivity index (χ2v) is 3.86. The van der Waals surface area contributed by atoms with Crippen LogP contribution in [0, 0.1) is 17.1 Å². The van der Waals surface area contributed by atoms with Crippen molar-refractivity contribution in [3.05, 3.63) is 29.6 Å². The molecule has 0 spiro atoms. The Balaban J connectivity index is 2.83. The number of nitrogens with zero attached hydrogens (tertiary/aromatic N) is 1. The van der Waals surface area contributed by atoms with Crippen molar-refractivity contribution in [2.24, 2.45) is 0 Å². The third-order valence-electron chi connectivity index (χ3n) is 2.45. The van der Waals surface area contributed by atoms with Crippen molar-refractivity contribution in [1.29, 1.82) is 5.26 Å². The van der Waals surface area contributed by atoms with Gasteiger partial charge in [-0.2, -0.15) is 5.26 Å². The highest BCUT2D eigenvalue weighted by Gasteiger charge is 2.11. The summed E-state index contributed by atoms with van der Waals surface area (Å²) in [5, 5.41) is 11.8. The van der Waals surface area contributed by atoms with Gasteiger partial charge in [0.2, 0.25) is 0 Å². The van der Waals surface area contributed by atoms with Crippen LogP contribution in [0.15, 0.2) is 18.2 Å². The van der Waals surface area contributed by atoms with Crippen molar-refractivity contribution in [3.8, 4) is 11.8 Å². The first-order valence-electron chi connectivity index (χ1n) is 5.67. The highest BCUT2D eigenvalue weighted by Crippen LogP contribution is 2.22. The van der Waals surface area contributed by atoms with Gasteiger partial charge in [0, 0.05) is 6.04 Å². The minimum atomic E-state index is -0.651. The van der Waals surface area contributed by atoms with E-state index in [1.165, 1.54) is 6.07 Å². The van der Waals surface area contributed by atoms with E-state index in [1.54, 1.807) is 19.1 Å². The van der Waals surface area contributed by atoms with Crippen LogP contribution in [0.4, 0.5) is 4.39 Å². The lowest BCUT2D eigenvalue weighted by Gasteiger charge is -2.14. The Labute approximate surface area is 101 Å². The number of nitrogens with one attached hydrogen (secondary N) is 1. The van der Waals surface area contributed by atoms with Gasteiger partial charge < -0.3 is 10.1 Å². The molecule has 0 amide bonds. The lowest BCUT2D eigenvalue weighted by atomic mass is 10.1. The van der Waals surface area contributed by atoms with E-state index >= 15 is 0 Å². The fraction of sp³-hybridized carbons (Fsp3) is 0.462. The maximum Gasteiger partial charge on any atom is 0.181 e. The Morgan fingerprint density at radius 3 is 2.71 bits per heavy atom. The molecule has 0 radical (unpaired) electrons. The highest BCUT2D eigenvalue weighted by atomic mass is 19.1. The highest BCUT2D eigenvalue weighted by molar-refractivity contribution is 5.31. The van der Waals surface area contributed by atoms with Crippen molar-refractivity contribution in [2.45, 2.75) is 32.9 Å². The van der Waals surface area contributed by atoms with Gasteiger partial charge in [-0.3, -0.25) is 0 Å². The number of rotatable bonds is 5. The molecule has 1 aromatic rings. The molecule has 1 N–H and O–H groups in total. The second kappa shape index (κ2) is 6.21. The molecule has 1 aromatic carbocycles. The molecule has 1 rings (SSSR count). The third kappa shape index (κ3) is 3.72. The Hall–Kier alpha value is -1.60. The number of hydrogen-bond acceptors (Lipinski definition) is 3. The van der Waals surface area contributed by atoms with E-state index in [4.69, 9.17) is 10.00 Å². The van der Waals surface area contributed by atoms with E-state index in [2.05, 4.69) is 5.32 Å². The Kier molecular flexibility index (Phi) is 4.92. The second-order valence-electron chi connectivity index (χ2n) is 3.86. The Bertz CT molecular complexity index is 414. The summed E-state index contributed by atoms with van der Waals surface area (Å²) in [7, 11) is 0. The average molecular weight is 236 g/mol. The third-order valence-corrected chi connectivity index (χ3v) is 2.45. The quantitative estimate of drug-likeness (QED) is 0.855. The van der Waals surface area contributed by atoms with Crippen LogP contribution in [-0.2, 0) is 0 Å². The molecule has 0 aliphatic rings. The van der Waals surface area contributed by atoms with Crippen molar-refractivity contribution in [2.75, 3.05) is 6.54 Å². The molecule has 2 unspecified atom stereocenters.